The van der Waals surface area contributed by atoms with Gasteiger partial charge in [-0.2, -0.15) is 0 Å². The average Bonchev–Trinajstić information content (AvgIpc) is 2.15. The maximum atomic E-state index is 5.37. The van der Waals surface area contributed by atoms with E-state index in [-0.39, 0.29) is 0 Å². The highest BCUT2D eigenvalue weighted by Gasteiger charge is 1.87. The van der Waals surface area contributed by atoms with Gasteiger partial charge in [-0.3, -0.25) is 0 Å². The summed E-state index contributed by atoms with van der Waals surface area (Å²) in [7, 11) is 0. The Balaban J connectivity index is 0. The highest BCUT2D eigenvalue weighted by molar-refractivity contribution is 4.44. The van der Waals surface area contributed by atoms with Crippen molar-refractivity contribution >= 4 is 0 Å². The van der Waals surface area contributed by atoms with E-state index in [2.05, 4.69) is 20.1 Å². The van der Waals surface area contributed by atoms with Crippen molar-refractivity contribution in [1.82, 2.24) is 0 Å². The summed E-state index contributed by atoms with van der Waals surface area (Å²) < 4.78 is 0. The second-order valence-corrected chi connectivity index (χ2v) is 2.91. The van der Waals surface area contributed by atoms with Gasteiger partial charge in [0.2, 0.25) is 0 Å². The number of nitrogens with two attached hydrogens (primary N) is 1. The van der Waals surface area contributed by atoms with Gasteiger partial charge in [0.25, 0.3) is 0 Å². The number of hydrogen-bond donors (Lipinski definition) is 1. The molecule has 12 heavy (non-hydrogen) atoms. The van der Waals surface area contributed by atoms with Crippen LogP contribution in [-0.2, 0) is 0 Å². The van der Waals surface area contributed by atoms with Gasteiger partial charge in [-0.1, -0.05) is 45.4 Å². The quantitative estimate of drug-likeness (QED) is 0.460. The van der Waals surface area contributed by atoms with Gasteiger partial charge in [-0.15, -0.1) is 13.2 Å². The summed E-state index contributed by atoms with van der Waals surface area (Å²) in [5.41, 5.74) is 5.37. The lowest BCUT2D eigenvalue weighted by atomic mass is 10.1. The first-order valence-corrected chi connectivity index (χ1v) is 5.12. The van der Waals surface area contributed by atoms with Crippen molar-refractivity contribution in [3.63, 3.8) is 0 Å². The zero-order chi connectivity index (χ0) is 9.66. The van der Waals surface area contributed by atoms with Crippen LogP contribution >= 0.6 is 0 Å². The molecule has 0 radical (unpaired) electrons. The van der Waals surface area contributed by atoms with Crippen LogP contribution in [0.1, 0.15) is 51.9 Å². The van der Waals surface area contributed by atoms with E-state index in [0.29, 0.717) is 0 Å². The Morgan fingerprint density at radius 2 is 1.25 bits per heavy atom. The first-order chi connectivity index (χ1) is 5.91. The molecule has 0 aliphatic heterocycles. The zero-order valence-electron chi connectivity index (χ0n) is 8.65. The van der Waals surface area contributed by atoms with E-state index in [0.717, 1.165) is 6.54 Å². The monoisotopic (exact) mass is 171 g/mol. The highest BCUT2D eigenvalue weighted by Crippen LogP contribution is 2.05. The van der Waals surface area contributed by atoms with Gasteiger partial charge < -0.3 is 5.73 Å². The van der Waals surface area contributed by atoms with E-state index in [1.165, 1.54) is 44.9 Å². The Hall–Kier alpha value is -0.300. The van der Waals surface area contributed by atoms with E-state index in [9.17, 15) is 0 Å². The molecule has 1 nitrogen and oxygen atoms in total. The maximum absolute atomic E-state index is 5.37. The first-order valence-electron chi connectivity index (χ1n) is 5.12. The topological polar surface area (TPSA) is 26.0 Å². The van der Waals surface area contributed by atoms with Crippen LogP contribution in [0.5, 0.6) is 0 Å². The predicted octanol–water partition coefficient (Wildman–Crippen LogP) is 3.50. The third kappa shape index (κ3) is 16.4. The predicted molar refractivity (Wildman–Crippen MR) is 58.3 cm³/mol. The van der Waals surface area contributed by atoms with Crippen molar-refractivity contribution in [2.24, 2.45) is 5.73 Å². The van der Waals surface area contributed by atoms with Gasteiger partial charge in [0.05, 0.1) is 0 Å². The molecular formula is C11H25N. The molecule has 0 amide bonds. The third-order valence-electron chi connectivity index (χ3n) is 1.81. The molecule has 2 N–H and O–H groups in total. The molecule has 0 atom stereocenters. The van der Waals surface area contributed by atoms with Gasteiger partial charge in [-0.25, -0.2) is 0 Å². The fourth-order valence-electron chi connectivity index (χ4n) is 1.10. The van der Waals surface area contributed by atoms with E-state index < -0.39 is 0 Å². The fraction of sp³-hybridized carbons (Fsp3) is 0.818. The molecular weight excluding hydrogens is 146 g/mol. The first kappa shape index (κ1) is 14.2. The normalized spacial score (nSPS) is 8.83. The highest BCUT2D eigenvalue weighted by atomic mass is 14.5. The minimum atomic E-state index is 0.869. The van der Waals surface area contributed by atoms with E-state index in [4.69, 9.17) is 5.73 Å². The number of rotatable bonds is 7. The fourth-order valence-corrected chi connectivity index (χ4v) is 1.10. The number of unbranched alkanes of at least 4 members (excludes halogenated alkanes) is 6. The molecule has 0 saturated carbocycles. The van der Waals surface area contributed by atoms with Crippen molar-refractivity contribution in [3.8, 4) is 0 Å². The Labute approximate surface area is 78.0 Å². The molecule has 0 aromatic rings. The van der Waals surface area contributed by atoms with Gasteiger partial charge in [0, 0.05) is 0 Å². The summed E-state index contributed by atoms with van der Waals surface area (Å²) in [5.74, 6) is 0. The van der Waals surface area contributed by atoms with Gasteiger partial charge in [0.15, 0.2) is 0 Å². The van der Waals surface area contributed by atoms with Crippen LogP contribution in [0.25, 0.3) is 0 Å². The molecule has 0 aliphatic carbocycles. The van der Waals surface area contributed by atoms with Gasteiger partial charge in [-0.05, 0) is 13.0 Å². The van der Waals surface area contributed by atoms with E-state index in [1.54, 1.807) is 0 Å². The molecule has 0 aromatic carbocycles. The third-order valence-corrected chi connectivity index (χ3v) is 1.81. The van der Waals surface area contributed by atoms with Crippen LogP contribution in [0.2, 0.25) is 0 Å². The van der Waals surface area contributed by atoms with Crippen molar-refractivity contribution in [2.75, 3.05) is 6.54 Å². The van der Waals surface area contributed by atoms with Crippen molar-refractivity contribution in [3.05, 3.63) is 13.2 Å². The minimum Gasteiger partial charge on any atom is -0.330 e. The Bertz CT molecular complexity index is 54.0. The summed E-state index contributed by atoms with van der Waals surface area (Å²) >= 11 is 0. The average molecular weight is 171 g/mol. The Morgan fingerprint density at radius 1 is 0.833 bits per heavy atom. The van der Waals surface area contributed by atoms with Crippen molar-refractivity contribution < 1.29 is 0 Å². The van der Waals surface area contributed by atoms with Crippen molar-refractivity contribution in [2.45, 2.75) is 51.9 Å². The molecule has 0 rings (SSSR count). The lowest BCUT2D eigenvalue weighted by Crippen LogP contribution is -1.97. The zero-order valence-corrected chi connectivity index (χ0v) is 8.65. The summed E-state index contributed by atoms with van der Waals surface area (Å²) in [4.78, 5) is 0. The molecule has 1 heteroatoms. The largest absolute Gasteiger partial charge is 0.330 e. The summed E-state index contributed by atoms with van der Waals surface area (Å²) in [5, 5.41) is 0. The molecule has 0 bridgehead atoms. The van der Waals surface area contributed by atoms with Crippen LogP contribution in [0.4, 0.5) is 0 Å². The minimum absolute atomic E-state index is 0.869. The van der Waals surface area contributed by atoms with Gasteiger partial charge >= 0.3 is 0 Å². The molecule has 0 unspecified atom stereocenters. The van der Waals surface area contributed by atoms with Crippen LogP contribution in [0.3, 0.4) is 0 Å². The Morgan fingerprint density at radius 3 is 1.67 bits per heavy atom. The van der Waals surface area contributed by atoms with E-state index in [1.807, 2.05) is 0 Å². The molecule has 0 aromatic heterocycles. The molecule has 0 saturated heterocycles. The van der Waals surface area contributed by atoms with E-state index >= 15 is 0 Å². The molecule has 0 fully saturated rings. The smallest absolute Gasteiger partial charge is 0.00773 e. The standard InChI is InChI=1S/C9H21N.C2H4/c1-2-3-4-5-6-7-8-9-10;1-2/h2-10H2,1H3;1-2H2. The van der Waals surface area contributed by atoms with Gasteiger partial charge in [0.1, 0.15) is 0 Å². The van der Waals surface area contributed by atoms with Crippen LogP contribution in [-0.4, -0.2) is 6.54 Å². The molecule has 74 valence electrons. The van der Waals surface area contributed by atoms with Crippen molar-refractivity contribution in [1.29, 1.82) is 0 Å². The van der Waals surface area contributed by atoms with Crippen LogP contribution in [0.15, 0.2) is 13.2 Å². The molecule has 0 spiro atoms. The van der Waals surface area contributed by atoms with Crippen LogP contribution in [0, 0.1) is 0 Å². The lowest BCUT2D eigenvalue weighted by molar-refractivity contribution is 0.593. The SMILES string of the molecule is C=C.CCCCCCCCCN. The second-order valence-electron chi connectivity index (χ2n) is 2.91. The summed E-state index contributed by atoms with van der Waals surface area (Å²) in [6.45, 7) is 9.12. The summed E-state index contributed by atoms with van der Waals surface area (Å²) in [6, 6.07) is 0. The Kier molecular flexibility index (Phi) is 20.1. The summed E-state index contributed by atoms with van der Waals surface area (Å²) in [6.07, 6.45) is 9.51. The number of hydrogen-bond acceptors (Lipinski definition) is 1. The maximum Gasteiger partial charge on any atom is -0.00773 e. The molecule has 0 aliphatic rings. The molecule has 0 heterocycles. The lowest BCUT2D eigenvalue weighted by Gasteiger charge is -1.97. The van der Waals surface area contributed by atoms with Crippen LogP contribution < -0.4 is 5.73 Å². The second kappa shape index (κ2) is 17.0.